The second-order valence-electron chi connectivity index (χ2n) is 2.79. The second-order valence-corrected chi connectivity index (χ2v) is 2.79. The van der Waals surface area contributed by atoms with Crippen LogP contribution in [0.1, 0.15) is 5.56 Å². The highest BCUT2D eigenvalue weighted by Gasteiger charge is 2.15. The summed E-state index contributed by atoms with van der Waals surface area (Å²) in [6, 6.07) is 4.77. The zero-order valence-corrected chi connectivity index (χ0v) is 7.01. The largest absolute Gasteiger partial charge is 0.481 e. The molecule has 0 radical (unpaired) electrons. The van der Waals surface area contributed by atoms with Gasteiger partial charge in [0.05, 0.1) is 6.42 Å². The first-order valence-corrected chi connectivity index (χ1v) is 3.87. The Morgan fingerprint density at radius 3 is 3.14 bits per heavy atom. The molecule has 0 fully saturated rings. The fourth-order valence-corrected chi connectivity index (χ4v) is 1.29. The molecular weight excluding hydrogens is 188 g/mol. The summed E-state index contributed by atoms with van der Waals surface area (Å²) in [7, 11) is 0. The van der Waals surface area contributed by atoms with Crippen LogP contribution in [0.5, 0.6) is 0 Å². The van der Waals surface area contributed by atoms with E-state index in [1.165, 1.54) is 0 Å². The summed E-state index contributed by atoms with van der Waals surface area (Å²) in [5.41, 5.74) is 0.930. The molecule has 0 spiro atoms. The summed E-state index contributed by atoms with van der Waals surface area (Å²) < 4.78 is 4.36. The Morgan fingerprint density at radius 2 is 2.43 bits per heavy atom. The Morgan fingerprint density at radius 1 is 1.64 bits per heavy atom. The van der Waals surface area contributed by atoms with E-state index < -0.39 is 5.97 Å². The molecule has 14 heavy (non-hydrogen) atoms. The second kappa shape index (κ2) is 2.99. The van der Waals surface area contributed by atoms with E-state index in [9.17, 15) is 10.0 Å². The number of carboxylic acids is 1. The number of aliphatic carboxylic acids is 1. The van der Waals surface area contributed by atoms with Crippen molar-refractivity contribution in [1.82, 2.24) is 5.16 Å². The van der Waals surface area contributed by atoms with Crippen LogP contribution in [0.25, 0.3) is 11.0 Å². The van der Waals surface area contributed by atoms with Crippen LogP contribution in [-0.2, 0) is 11.2 Å². The minimum atomic E-state index is -1.00. The molecule has 72 valence electrons. The molecule has 2 rings (SSSR count). The highest BCUT2D eigenvalue weighted by atomic mass is 16.8. The zero-order valence-electron chi connectivity index (χ0n) is 7.01. The van der Waals surface area contributed by atoms with Gasteiger partial charge in [-0.15, -0.1) is 0 Å². The van der Waals surface area contributed by atoms with Gasteiger partial charge in [-0.25, -0.2) is 0 Å². The molecule has 0 aliphatic rings. The third-order valence-corrected chi connectivity index (χ3v) is 1.84. The van der Waals surface area contributed by atoms with E-state index in [0.717, 1.165) is 0 Å². The maximum atomic E-state index is 11.1. The monoisotopic (exact) mass is 194 g/mol. The van der Waals surface area contributed by atoms with Crippen LogP contribution in [0.2, 0.25) is 0 Å². The molecule has 1 aromatic carbocycles. The number of fused-ring (bicyclic) bond motifs is 1. The predicted molar refractivity (Wildman–Crippen MR) is 44.3 cm³/mol. The fraction of sp³-hybridized carbons (Fsp3) is 0.125. The van der Waals surface area contributed by atoms with Crippen LogP contribution in [0.15, 0.2) is 22.8 Å². The van der Waals surface area contributed by atoms with Crippen molar-refractivity contribution in [3.05, 3.63) is 29.0 Å². The van der Waals surface area contributed by atoms with E-state index in [0.29, 0.717) is 11.1 Å². The molecular formula is C8H6N2O4. The van der Waals surface area contributed by atoms with E-state index in [-0.39, 0.29) is 16.8 Å². The van der Waals surface area contributed by atoms with Crippen LogP contribution in [-0.4, -0.2) is 16.2 Å². The smallest absolute Gasteiger partial charge is 0.307 e. The summed E-state index contributed by atoms with van der Waals surface area (Å²) in [5, 5.41) is 23.1. The minimum absolute atomic E-state index is 0.176. The lowest BCUT2D eigenvalue weighted by molar-refractivity contribution is -0.782. The van der Waals surface area contributed by atoms with E-state index in [2.05, 4.69) is 9.79 Å². The van der Waals surface area contributed by atoms with Crippen LogP contribution in [0, 0.1) is 5.21 Å². The average molecular weight is 194 g/mol. The van der Waals surface area contributed by atoms with E-state index in [1.807, 2.05) is 0 Å². The Balaban J connectivity index is 2.63. The van der Waals surface area contributed by atoms with Gasteiger partial charge in [0.15, 0.2) is 0 Å². The van der Waals surface area contributed by atoms with E-state index in [1.54, 1.807) is 18.2 Å². The van der Waals surface area contributed by atoms with Crippen molar-refractivity contribution in [2.24, 2.45) is 0 Å². The molecule has 1 heterocycles. The average Bonchev–Trinajstić information content (AvgIpc) is 2.48. The SMILES string of the molecule is O=C(O)Cc1cccc2no[n+]([O-])c12. The van der Waals surface area contributed by atoms with Gasteiger partial charge in [0.1, 0.15) is 0 Å². The molecule has 0 amide bonds. The minimum Gasteiger partial charge on any atom is -0.481 e. The summed E-state index contributed by atoms with van der Waals surface area (Å²) in [4.78, 5) is 10.7. The molecule has 0 atom stereocenters. The number of rotatable bonds is 2. The van der Waals surface area contributed by atoms with Crippen LogP contribution < -0.4 is 4.90 Å². The van der Waals surface area contributed by atoms with Crippen molar-refractivity contribution in [3.63, 3.8) is 0 Å². The highest BCUT2D eigenvalue weighted by Crippen LogP contribution is 2.13. The Kier molecular flexibility index (Phi) is 1.81. The first kappa shape index (κ1) is 8.49. The van der Waals surface area contributed by atoms with Gasteiger partial charge in [-0.05, 0) is 11.0 Å². The van der Waals surface area contributed by atoms with Crippen molar-refractivity contribution in [3.8, 4) is 0 Å². The summed E-state index contributed by atoms with van der Waals surface area (Å²) in [6.45, 7) is 0. The maximum absolute atomic E-state index is 11.1. The van der Waals surface area contributed by atoms with Gasteiger partial charge < -0.3 is 10.3 Å². The zero-order chi connectivity index (χ0) is 10.1. The van der Waals surface area contributed by atoms with Gasteiger partial charge in [-0.1, -0.05) is 12.1 Å². The third-order valence-electron chi connectivity index (χ3n) is 1.84. The first-order chi connectivity index (χ1) is 6.68. The summed E-state index contributed by atoms with van der Waals surface area (Å²) in [5.74, 6) is -1.00. The molecule has 0 unspecified atom stereocenters. The topological polar surface area (TPSA) is 90.3 Å². The maximum Gasteiger partial charge on any atom is 0.307 e. The lowest BCUT2D eigenvalue weighted by Crippen LogP contribution is -2.24. The molecule has 1 aromatic heterocycles. The van der Waals surface area contributed by atoms with Gasteiger partial charge in [-0.2, -0.15) is 0 Å². The number of carbonyl (C=O) groups is 1. The lowest BCUT2D eigenvalue weighted by atomic mass is 10.1. The highest BCUT2D eigenvalue weighted by molar-refractivity contribution is 5.80. The van der Waals surface area contributed by atoms with Gasteiger partial charge in [0.25, 0.3) is 0 Å². The van der Waals surface area contributed by atoms with Crippen molar-refractivity contribution < 1.29 is 19.4 Å². The number of hydrogen-bond donors (Lipinski definition) is 1. The number of nitrogens with zero attached hydrogens (tertiary/aromatic N) is 2. The molecule has 2 aromatic rings. The molecule has 0 saturated carbocycles. The molecule has 1 N–H and O–H groups in total. The molecule has 0 aliphatic carbocycles. The fourth-order valence-electron chi connectivity index (χ4n) is 1.29. The van der Waals surface area contributed by atoms with E-state index >= 15 is 0 Å². The molecule has 0 aliphatic heterocycles. The summed E-state index contributed by atoms with van der Waals surface area (Å²) in [6.07, 6.45) is -0.221. The van der Waals surface area contributed by atoms with Gasteiger partial charge in [0, 0.05) is 10.7 Å². The normalized spacial score (nSPS) is 10.6. The Hall–Kier alpha value is -2.11. The van der Waals surface area contributed by atoms with Crippen LogP contribution in [0.4, 0.5) is 0 Å². The number of benzene rings is 1. The molecule has 0 bridgehead atoms. The molecule has 6 heteroatoms. The number of para-hydroxylation sites is 1. The first-order valence-electron chi connectivity index (χ1n) is 3.87. The van der Waals surface area contributed by atoms with Crippen molar-refractivity contribution in [2.45, 2.75) is 6.42 Å². The Labute approximate surface area is 77.9 Å². The van der Waals surface area contributed by atoms with Crippen LogP contribution in [0.3, 0.4) is 0 Å². The lowest BCUT2D eigenvalue weighted by Gasteiger charge is -1.95. The van der Waals surface area contributed by atoms with Crippen LogP contribution >= 0.6 is 0 Å². The predicted octanol–water partition coefficient (Wildman–Crippen LogP) is 0.0883. The number of aromatic nitrogens is 2. The molecule has 6 nitrogen and oxygen atoms in total. The number of hydrogen-bond acceptors (Lipinski definition) is 4. The van der Waals surface area contributed by atoms with Crippen molar-refractivity contribution in [1.29, 1.82) is 0 Å². The number of carboxylic acid groups (broad SMARTS) is 1. The van der Waals surface area contributed by atoms with Gasteiger partial charge in [0.2, 0.25) is 11.0 Å². The Bertz CT molecular complexity index is 491. The molecule has 0 saturated heterocycles. The summed E-state index contributed by atoms with van der Waals surface area (Å²) >= 11 is 0. The quantitative estimate of drug-likeness (QED) is 0.684. The van der Waals surface area contributed by atoms with Gasteiger partial charge >= 0.3 is 5.97 Å². The third kappa shape index (κ3) is 1.26. The van der Waals surface area contributed by atoms with E-state index in [4.69, 9.17) is 5.11 Å². The van der Waals surface area contributed by atoms with Crippen molar-refractivity contribution >= 4 is 17.0 Å². The van der Waals surface area contributed by atoms with Crippen molar-refractivity contribution in [2.75, 3.05) is 0 Å². The standard InChI is InChI=1S/C8H6N2O4/c11-7(12)4-5-2-1-3-6-8(5)10(13)14-9-6/h1-3H,4H2,(H,11,12). The van der Waals surface area contributed by atoms with Gasteiger partial charge in [-0.3, -0.25) is 9.42 Å².